The van der Waals surface area contributed by atoms with Crippen molar-refractivity contribution in [3.05, 3.63) is 23.8 Å². The monoisotopic (exact) mass is 475 g/mol. The van der Waals surface area contributed by atoms with Crippen molar-refractivity contribution in [2.45, 2.75) is 26.0 Å². The number of fused-ring (bicyclic) bond motifs is 1. The van der Waals surface area contributed by atoms with Crippen molar-refractivity contribution < 1.29 is 23.9 Å². The van der Waals surface area contributed by atoms with Gasteiger partial charge in [-0.2, -0.15) is 0 Å². The lowest BCUT2D eigenvalue weighted by Gasteiger charge is -2.30. The van der Waals surface area contributed by atoms with Crippen molar-refractivity contribution in [2.75, 3.05) is 46.4 Å². The number of morpholine rings is 1. The molecule has 1 aromatic rings. The number of hydrogen-bond donors (Lipinski definition) is 5. The first-order valence-electron chi connectivity index (χ1n) is 11.4. The number of rotatable bonds is 9. The minimum absolute atomic E-state index is 0.0476. The summed E-state index contributed by atoms with van der Waals surface area (Å²) in [5.74, 6) is -0.213. The molecular weight excluding hydrogens is 442 g/mol. The van der Waals surface area contributed by atoms with Gasteiger partial charge in [-0.1, -0.05) is 6.07 Å². The van der Waals surface area contributed by atoms with E-state index < -0.39 is 17.9 Å². The Kier molecular flexibility index (Phi) is 9.05. The van der Waals surface area contributed by atoms with E-state index in [1.54, 1.807) is 18.0 Å². The number of amides is 4. The highest BCUT2D eigenvalue weighted by atomic mass is 16.5. The number of benzene rings is 1. The second-order valence-electron chi connectivity index (χ2n) is 8.00. The molecule has 186 valence electrons. The maximum absolute atomic E-state index is 12.1. The SMILES string of the molecule is CCNC(=O)NC1=Nc2cc(OCCC(C(N)=O)C3CNCCO3)ccc2CN1CC(=O)NC. The molecule has 1 fully saturated rings. The van der Waals surface area contributed by atoms with E-state index in [-0.39, 0.29) is 31.1 Å². The first-order valence-corrected chi connectivity index (χ1v) is 11.4. The van der Waals surface area contributed by atoms with E-state index in [2.05, 4.69) is 26.3 Å². The molecule has 0 aromatic heterocycles. The summed E-state index contributed by atoms with van der Waals surface area (Å²) >= 11 is 0. The second-order valence-corrected chi connectivity index (χ2v) is 8.00. The summed E-state index contributed by atoms with van der Waals surface area (Å²) in [6.45, 7) is 4.86. The predicted molar refractivity (Wildman–Crippen MR) is 126 cm³/mol. The molecule has 1 saturated heterocycles. The van der Waals surface area contributed by atoms with Crippen LogP contribution in [0.2, 0.25) is 0 Å². The van der Waals surface area contributed by atoms with Crippen LogP contribution < -0.4 is 31.7 Å². The predicted octanol–water partition coefficient (Wildman–Crippen LogP) is -0.586. The van der Waals surface area contributed by atoms with E-state index in [1.807, 2.05) is 19.1 Å². The minimum atomic E-state index is -0.449. The molecule has 12 heteroatoms. The average molecular weight is 476 g/mol. The topological polar surface area (TPSA) is 159 Å². The summed E-state index contributed by atoms with van der Waals surface area (Å²) in [6.07, 6.45) is 0.156. The Morgan fingerprint density at radius 2 is 2.21 bits per heavy atom. The number of carbonyl (C=O) groups is 3. The van der Waals surface area contributed by atoms with E-state index >= 15 is 0 Å². The quantitative estimate of drug-likeness (QED) is 0.319. The Labute approximate surface area is 198 Å². The third-order valence-electron chi connectivity index (χ3n) is 5.59. The molecule has 2 atom stereocenters. The van der Waals surface area contributed by atoms with Gasteiger partial charge in [0.05, 0.1) is 30.9 Å². The zero-order valence-corrected chi connectivity index (χ0v) is 19.6. The number of guanidine groups is 1. The molecule has 0 aliphatic carbocycles. The molecule has 0 radical (unpaired) electrons. The van der Waals surface area contributed by atoms with Crippen molar-refractivity contribution in [1.29, 1.82) is 0 Å². The zero-order valence-electron chi connectivity index (χ0n) is 19.6. The number of aliphatic imine (C=N–C) groups is 1. The number of nitrogens with one attached hydrogen (secondary N) is 4. The van der Waals surface area contributed by atoms with Crippen LogP contribution in [0, 0.1) is 5.92 Å². The largest absolute Gasteiger partial charge is 0.493 e. The molecule has 2 aliphatic rings. The van der Waals surface area contributed by atoms with E-state index in [9.17, 15) is 14.4 Å². The Balaban J connectivity index is 1.68. The van der Waals surface area contributed by atoms with Gasteiger partial charge in [-0.05, 0) is 25.0 Å². The van der Waals surface area contributed by atoms with Crippen LogP contribution in [0.3, 0.4) is 0 Å². The second kappa shape index (κ2) is 12.2. The van der Waals surface area contributed by atoms with Crippen LogP contribution in [0.5, 0.6) is 5.75 Å². The summed E-state index contributed by atoms with van der Waals surface area (Å²) in [5.41, 5.74) is 7.09. The molecule has 12 nitrogen and oxygen atoms in total. The Bertz CT molecular complexity index is 917. The highest BCUT2D eigenvalue weighted by Gasteiger charge is 2.29. The fraction of sp³-hybridized carbons (Fsp3) is 0.545. The number of carbonyl (C=O) groups excluding carboxylic acids is 3. The van der Waals surface area contributed by atoms with Crippen LogP contribution >= 0.6 is 0 Å². The van der Waals surface area contributed by atoms with Crippen molar-refractivity contribution in [3.8, 4) is 5.75 Å². The number of nitrogens with zero attached hydrogens (tertiary/aromatic N) is 2. The van der Waals surface area contributed by atoms with Crippen LogP contribution in [0.4, 0.5) is 10.5 Å². The van der Waals surface area contributed by atoms with Gasteiger partial charge in [-0.25, -0.2) is 9.79 Å². The summed E-state index contributed by atoms with van der Waals surface area (Å²) in [7, 11) is 1.55. The van der Waals surface area contributed by atoms with Crippen LogP contribution in [-0.4, -0.2) is 81.2 Å². The summed E-state index contributed by atoms with van der Waals surface area (Å²) in [6, 6.07) is 5.04. The van der Waals surface area contributed by atoms with Gasteiger partial charge in [0.2, 0.25) is 17.8 Å². The molecular formula is C22H33N7O5. The van der Waals surface area contributed by atoms with Gasteiger partial charge < -0.3 is 36.1 Å². The van der Waals surface area contributed by atoms with Gasteiger partial charge in [0.1, 0.15) is 12.3 Å². The van der Waals surface area contributed by atoms with Crippen molar-refractivity contribution in [2.24, 2.45) is 16.6 Å². The third-order valence-corrected chi connectivity index (χ3v) is 5.59. The highest BCUT2D eigenvalue weighted by Crippen LogP contribution is 2.30. The number of likely N-dealkylation sites (N-methyl/N-ethyl adjacent to an activating group) is 1. The Hall–Kier alpha value is -3.38. The molecule has 3 rings (SSSR count). The van der Waals surface area contributed by atoms with E-state index in [0.29, 0.717) is 44.1 Å². The molecule has 0 saturated carbocycles. The van der Waals surface area contributed by atoms with Crippen LogP contribution in [0.25, 0.3) is 0 Å². The van der Waals surface area contributed by atoms with E-state index in [4.69, 9.17) is 15.2 Å². The number of nitrogens with two attached hydrogens (primary N) is 1. The van der Waals surface area contributed by atoms with Gasteiger partial charge in [0.25, 0.3) is 0 Å². The van der Waals surface area contributed by atoms with E-state index in [1.165, 1.54) is 0 Å². The lowest BCUT2D eigenvalue weighted by molar-refractivity contribution is -0.128. The maximum Gasteiger partial charge on any atom is 0.321 e. The molecule has 2 aliphatic heterocycles. The Morgan fingerprint density at radius 1 is 1.38 bits per heavy atom. The van der Waals surface area contributed by atoms with Gasteiger partial charge in [0, 0.05) is 39.3 Å². The lowest BCUT2D eigenvalue weighted by Crippen LogP contribution is -2.51. The van der Waals surface area contributed by atoms with Crippen molar-refractivity contribution in [1.82, 2.24) is 26.2 Å². The number of ether oxygens (including phenoxy) is 2. The van der Waals surface area contributed by atoms with Crippen LogP contribution in [-0.2, 0) is 20.9 Å². The fourth-order valence-electron chi connectivity index (χ4n) is 3.79. The van der Waals surface area contributed by atoms with Crippen LogP contribution in [0.1, 0.15) is 18.9 Å². The molecule has 2 unspecified atom stereocenters. The summed E-state index contributed by atoms with van der Waals surface area (Å²) < 4.78 is 11.6. The van der Waals surface area contributed by atoms with Gasteiger partial charge in [-0.3, -0.25) is 14.9 Å². The molecule has 1 aromatic carbocycles. The number of hydrogen-bond acceptors (Lipinski definition) is 8. The lowest BCUT2D eigenvalue weighted by atomic mass is 9.97. The first kappa shape index (κ1) is 25.2. The average Bonchev–Trinajstić information content (AvgIpc) is 2.82. The molecule has 0 bridgehead atoms. The van der Waals surface area contributed by atoms with Crippen molar-refractivity contribution in [3.63, 3.8) is 0 Å². The fourth-order valence-corrected chi connectivity index (χ4v) is 3.79. The highest BCUT2D eigenvalue weighted by molar-refractivity contribution is 5.99. The maximum atomic E-state index is 12.1. The molecule has 6 N–H and O–H groups in total. The molecule has 34 heavy (non-hydrogen) atoms. The minimum Gasteiger partial charge on any atom is -0.493 e. The first-order chi connectivity index (χ1) is 16.4. The summed E-state index contributed by atoms with van der Waals surface area (Å²) in [4.78, 5) is 42.1. The third kappa shape index (κ3) is 6.81. The van der Waals surface area contributed by atoms with Gasteiger partial charge in [-0.15, -0.1) is 0 Å². The van der Waals surface area contributed by atoms with Crippen LogP contribution in [0.15, 0.2) is 23.2 Å². The van der Waals surface area contributed by atoms with Crippen molar-refractivity contribution >= 4 is 29.5 Å². The molecule has 4 amide bonds. The number of urea groups is 1. The standard InChI is InChI=1S/C22H33N7O5/c1-3-26-22(32)28-21-27-17-10-15(5-4-14(17)12-29(21)13-19(30)24-2)33-8-6-16(20(23)31)18-11-25-7-9-34-18/h4-5,10,16,18,25H,3,6-9,11-13H2,1-2H3,(H2,23,31)(H,24,30)(H2,26,27,28,32). The van der Waals surface area contributed by atoms with Gasteiger partial charge in [0.15, 0.2) is 0 Å². The van der Waals surface area contributed by atoms with E-state index in [0.717, 1.165) is 12.1 Å². The molecule has 0 spiro atoms. The smallest absolute Gasteiger partial charge is 0.321 e. The number of primary amides is 1. The Morgan fingerprint density at radius 3 is 2.88 bits per heavy atom. The molecule has 2 heterocycles. The normalized spacial score (nSPS) is 18.2. The van der Waals surface area contributed by atoms with Gasteiger partial charge >= 0.3 is 6.03 Å². The summed E-state index contributed by atoms with van der Waals surface area (Å²) in [5, 5.41) is 11.1. The zero-order chi connectivity index (χ0) is 24.5.